The van der Waals surface area contributed by atoms with Crippen LogP contribution in [0.3, 0.4) is 0 Å². The van der Waals surface area contributed by atoms with E-state index in [2.05, 4.69) is 12.2 Å². The summed E-state index contributed by atoms with van der Waals surface area (Å²) in [5.41, 5.74) is 2.03. The Morgan fingerprint density at radius 2 is 1.62 bits per heavy atom. The first-order valence-corrected chi connectivity index (χ1v) is 11.8. The van der Waals surface area contributed by atoms with Gasteiger partial charge >= 0.3 is 0 Å². The largest absolute Gasteiger partial charge is 0.479 e. The first-order valence-electron chi connectivity index (χ1n) is 11.8. The third-order valence-corrected chi connectivity index (χ3v) is 6.10. The molecule has 0 aromatic heterocycles. The Labute approximate surface area is 198 Å². The van der Waals surface area contributed by atoms with Crippen LogP contribution < -0.4 is 15.0 Å². The predicted molar refractivity (Wildman–Crippen MR) is 128 cm³/mol. The van der Waals surface area contributed by atoms with E-state index in [0.29, 0.717) is 41.2 Å². The highest BCUT2D eigenvalue weighted by molar-refractivity contribution is 6.21. The highest BCUT2D eigenvalue weighted by Crippen LogP contribution is 2.36. The van der Waals surface area contributed by atoms with Gasteiger partial charge in [-0.1, -0.05) is 31.9 Å². The maximum absolute atomic E-state index is 12.7. The average molecular weight is 464 g/mol. The first kappa shape index (κ1) is 23.5. The number of hydrogen-bond donors (Lipinski definition) is 1. The molecule has 8 nitrogen and oxygen atoms in total. The fraction of sp³-hybridized carbons (Fsp3) is 0.385. The van der Waals surface area contributed by atoms with Crippen molar-refractivity contribution in [2.75, 3.05) is 23.3 Å². The number of hydrogen-bond acceptors (Lipinski definition) is 5. The Morgan fingerprint density at radius 1 is 0.941 bits per heavy atom. The van der Waals surface area contributed by atoms with E-state index < -0.39 is 6.10 Å². The monoisotopic (exact) mass is 463 g/mol. The summed E-state index contributed by atoms with van der Waals surface area (Å²) in [6.07, 6.45) is 2.93. The number of rotatable bonds is 9. The molecule has 2 aromatic rings. The van der Waals surface area contributed by atoms with Gasteiger partial charge in [0.15, 0.2) is 6.10 Å². The predicted octanol–water partition coefficient (Wildman–Crippen LogP) is 4.01. The minimum Gasteiger partial charge on any atom is -0.479 e. The third kappa shape index (κ3) is 4.66. The lowest BCUT2D eigenvalue weighted by atomic mass is 10.1. The van der Waals surface area contributed by atoms with E-state index in [-0.39, 0.29) is 36.6 Å². The zero-order valence-corrected chi connectivity index (χ0v) is 19.5. The molecular formula is C26H29N3O5. The number of unbranched alkanes of at least 4 members (excludes halogenated alkanes) is 2. The molecule has 1 unspecified atom stereocenters. The Bertz CT molecular complexity index is 1090. The van der Waals surface area contributed by atoms with Gasteiger partial charge in [-0.05, 0) is 50.1 Å². The van der Waals surface area contributed by atoms with E-state index in [9.17, 15) is 19.2 Å². The summed E-state index contributed by atoms with van der Waals surface area (Å²) in [6, 6.07) is 12.0. The molecule has 0 aliphatic carbocycles. The van der Waals surface area contributed by atoms with Crippen molar-refractivity contribution in [2.24, 2.45) is 0 Å². The first-order chi connectivity index (χ1) is 16.4. The van der Waals surface area contributed by atoms with Gasteiger partial charge in [-0.3, -0.25) is 24.1 Å². The van der Waals surface area contributed by atoms with Gasteiger partial charge in [0.1, 0.15) is 5.75 Å². The molecule has 0 saturated heterocycles. The molecule has 0 bridgehead atoms. The van der Waals surface area contributed by atoms with Gasteiger partial charge in [0.05, 0.1) is 16.8 Å². The van der Waals surface area contributed by atoms with E-state index in [4.69, 9.17) is 4.74 Å². The zero-order valence-electron chi connectivity index (χ0n) is 19.5. The molecule has 0 spiro atoms. The Hall–Kier alpha value is -3.68. The van der Waals surface area contributed by atoms with Gasteiger partial charge in [0, 0.05) is 25.2 Å². The Balaban J connectivity index is 1.35. The molecular weight excluding hydrogens is 434 g/mol. The van der Waals surface area contributed by atoms with Crippen molar-refractivity contribution in [1.29, 1.82) is 0 Å². The van der Waals surface area contributed by atoms with Gasteiger partial charge in [0.25, 0.3) is 17.7 Å². The number of carbonyl (C=O) groups excluding carboxylic acids is 4. The molecule has 2 aliphatic heterocycles. The number of nitrogens with one attached hydrogen (secondary N) is 1. The molecule has 1 N–H and O–H groups in total. The lowest BCUT2D eigenvalue weighted by Gasteiger charge is -2.33. The van der Waals surface area contributed by atoms with Crippen LogP contribution in [-0.4, -0.2) is 47.7 Å². The molecule has 4 rings (SSSR count). The molecule has 0 fully saturated rings. The minimum atomic E-state index is -0.545. The number of benzene rings is 2. The number of carbonyl (C=O) groups is 4. The van der Waals surface area contributed by atoms with E-state index >= 15 is 0 Å². The van der Waals surface area contributed by atoms with Crippen molar-refractivity contribution in [3.8, 4) is 5.75 Å². The number of ether oxygens (including phenoxy) is 1. The molecule has 1 atom stereocenters. The summed E-state index contributed by atoms with van der Waals surface area (Å²) in [5, 5.41) is 2.85. The van der Waals surface area contributed by atoms with Crippen LogP contribution in [0.4, 0.5) is 11.4 Å². The summed E-state index contributed by atoms with van der Waals surface area (Å²) in [7, 11) is 0. The number of nitrogens with zero attached hydrogens (tertiary/aromatic N) is 2. The summed E-state index contributed by atoms with van der Waals surface area (Å²) in [5.74, 6) is -0.346. The van der Waals surface area contributed by atoms with Crippen LogP contribution in [-0.2, 0) is 9.59 Å². The van der Waals surface area contributed by atoms with Gasteiger partial charge in [-0.15, -0.1) is 0 Å². The fourth-order valence-electron chi connectivity index (χ4n) is 4.30. The normalized spacial score (nSPS) is 16.9. The molecule has 34 heavy (non-hydrogen) atoms. The van der Waals surface area contributed by atoms with Crippen LogP contribution >= 0.6 is 0 Å². The zero-order chi connectivity index (χ0) is 24.2. The van der Waals surface area contributed by atoms with Crippen LogP contribution in [0.5, 0.6) is 5.75 Å². The third-order valence-electron chi connectivity index (χ3n) is 6.10. The standard InChI is InChI=1S/C26H29N3O5/c1-3-4-7-14-28-21-16-18(12-13-22(21)34-17(2)24(28)31)27-23(30)11-8-15-29-25(32)19-9-5-6-10-20(19)26(29)33/h5-6,9-10,12-13,16-17H,3-4,7-8,11,14-15H2,1-2H3,(H,27,30). The van der Waals surface area contributed by atoms with Crippen molar-refractivity contribution in [3.05, 3.63) is 53.6 Å². The van der Waals surface area contributed by atoms with Crippen LogP contribution in [0, 0.1) is 0 Å². The molecule has 0 saturated carbocycles. The fourth-order valence-corrected chi connectivity index (χ4v) is 4.30. The molecule has 4 amide bonds. The number of imide groups is 1. The quantitative estimate of drug-likeness (QED) is 0.448. The smallest absolute Gasteiger partial charge is 0.267 e. The maximum Gasteiger partial charge on any atom is 0.267 e. The van der Waals surface area contributed by atoms with Crippen molar-refractivity contribution in [3.63, 3.8) is 0 Å². The van der Waals surface area contributed by atoms with Crippen molar-refractivity contribution < 1.29 is 23.9 Å². The van der Waals surface area contributed by atoms with Gasteiger partial charge in [-0.2, -0.15) is 0 Å². The molecule has 2 aliphatic rings. The summed E-state index contributed by atoms with van der Waals surface area (Å²) < 4.78 is 5.74. The summed E-state index contributed by atoms with van der Waals surface area (Å²) in [4.78, 5) is 53.0. The highest BCUT2D eigenvalue weighted by Gasteiger charge is 2.35. The highest BCUT2D eigenvalue weighted by atomic mass is 16.5. The van der Waals surface area contributed by atoms with Crippen LogP contribution in [0.2, 0.25) is 0 Å². The number of anilines is 2. The van der Waals surface area contributed by atoms with Gasteiger partial charge in [0.2, 0.25) is 5.91 Å². The second-order valence-electron chi connectivity index (χ2n) is 8.60. The van der Waals surface area contributed by atoms with Crippen LogP contribution in [0.25, 0.3) is 0 Å². The number of fused-ring (bicyclic) bond motifs is 2. The van der Waals surface area contributed by atoms with E-state index in [1.807, 2.05) is 0 Å². The summed E-state index contributed by atoms with van der Waals surface area (Å²) in [6.45, 7) is 4.63. The average Bonchev–Trinajstić information content (AvgIpc) is 3.07. The summed E-state index contributed by atoms with van der Waals surface area (Å²) >= 11 is 0. The minimum absolute atomic E-state index is 0.0898. The lowest BCUT2D eigenvalue weighted by Crippen LogP contribution is -2.44. The Morgan fingerprint density at radius 3 is 2.29 bits per heavy atom. The Kier molecular flexibility index (Phi) is 6.95. The molecule has 2 aromatic carbocycles. The second-order valence-corrected chi connectivity index (χ2v) is 8.60. The molecule has 178 valence electrons. The van der Waals surface area contributed by atoms with E-state index in [1.165, 1.54) is 4.90 Å². The van der Waals surface area contributed by atoms with Crippen LogP contribution in [0.1, 0.15) is 66.7 Å². The van der Waals surface area contributed by atoms with Crippen molar-refractivity contribution >= 4 is 35.0 Å². The molecule has 2 heterocycles. The van der Waals surface area contributed by atoms with Crippen molar-refractivity contribution in [2.45, 2.75) is 52.1 Å². The molecule has 8 heteroatoms. The van der Waals surface area contributed by atoms with Gasteiger partial charge in [-0.25, -0.2) is 0 Å². The van der Waals surface area contributed by atoms with E-state index in [1.54, 1.807) is 54.3 Å². The van der Waals surface area contributed by atoms with Gasteiger partial charge < -0.3 is 15.0 Å². The van der Waals surface area contributed by atoms with E-state index in [0.717, 1.165) is 19.3 Å². The topological polar surface area (TPSA) is 96.0 Å². The molecule has 0 radical (unpaired) electrons. The second kappa shape index (κ2) is 10.1. The lowest BCUT2D eigenvalue weighted by molar-refractivity contribution is -0.125. The van der Waals surface area contributed by atoms with Crippen LogP contribution in [0.15, 0.2) is 42.5 Å². The maximum atomic E-state index is 12.7. The van der Waals surface area contributed by atoms with Crippen molar-refractivity contribution in [1.82, 2.24) is 4.90 Å². The number of amides is 4. The SMILES string of the molecule is CCCCCN1C(=O)C(C)Oc2ccc(NC(=O)CCCN3C(=O)c4ccccc4C3=O)cc21.